The van der Waals surface area contributed by atoms with Crippen molar-refractivity contribution < 1.29 is 4.79 Å². The number of nitrogens with one attached hydrogen (secondary N) is 1. The van der Waals surface area contributed by atoms with Gasteiger partial charge in [-0.25, -0.2) is 0 Å². The number of carbonyl (C=O) groups excluding carboxylic acids is 1. The molecule has 0 saturated heterocycles. The number of para-hydroxylation sites is 1. The molecule has 110 valence electrons. The zero-order chi connectivity index (χ0) is 14.8. The third-order valence-electron chi connectivity index (χ3n) is 3.94. The van der Waals surface area contributed by atoms with E-state index < -0.39 is 0 Å². The maximum Gasteiger partial charge on any atom is 0.280 e. The molecule has 5 nitrogen and oxygen atoms in total. The highest BCUT2D eigenvalue weighted by atomic mass is 16.2. The Morgan fingerprint density at radius 1 is 1.43 bits per heavy atom. The fraction of sp³-hybridized carbons (Fsp3) is 0.375. The number of carbonyl (C=O) groups is 1. The van der Waals surface area contributed by atoms with Crippen LogP contribution in [0.2, 0.25) is 0 Å². The number of nitrogens with zero attached hydrogens (tertiary/aromatic N) is 2. The number of hydrogen-bond donors (Lipinski definition) is 2. The fourth-order valence-electron chi connectivity index (χ4n) is 2.86. The largest absolute Gasteiger partial charge is 0.395 e. The average Bonchev–Trinajstić information content (AvgIpc) is 2.88. The van der Waals surface area contributed by atoms with E-state index in [1.807, 2.05) is 18.2 Å². The predicted molar refractivity (Wildman–Crippen MR) is 83.4 cm³/mol. The molecule has 3 rings (SSSR count). The predicted octanol–water partition coefficient (Wildman–Crippen LogP) is 2.54. The lowest BCUT2D eigenvalue weighted by Gasteiger charge is -2.28. The highest BCUT2D eigenvalue weighted by Crippen LogP contribution is 2.29. The van der Waals surface area contributed by atoms with Crippen molar-refractivity contribution >= 4 is 17.3 Å². The lowest BCUT2D eigenvalue weighted by molar-refractivity contribution is 0.0981. The fourth-order valence-corrected chi connectivity index (χ4v) is 2.86. The van der Waals surface area contributed by atoms with Crippen LogP contribution in [0.3, 0.4) is 0 Å². The summed E-state index contributed by atoms with van der Waals surface area (Å²) in [4.78, 5) is 14.6. The zero-order valence-electron chi connectivity index (χ0n) is 12.2. The zero-order valence-corrected chi connectivity index (χ0v) is 12.2. The second-order valence-corrected chi connectivity index (χ2v) is 5.40. The van der Waals surface area contributed by atoms with Crippen molar-refractivity contribution in [1.29, 1.82) is 0 Å². The molecule has 0 radical (unpaired) electrons. The first kappa shape index (κ1) is 13.7. The monoisotopic (exact) mass is 284 g/mol. The van der Waals surface area contributed by atoms with Crippen LogP contribution in [-0.4, -0.2) is 22.6 Å². The van der Waals surface area contributed by atoms with Crippen molar-refractivity contribution in [3.8, 4) is 0 Å². The van der Waals surface area contributed by atoms with Crippen molar-refractivity contribution in [1.82, 2.24) is 10.2 Å². The molecule has 3 N–H and O–H groups in total. The van der Waals surface area contributed by atoms with Gasteiger partial charge in [0.05, 0.1) is 11.4 Å². The number of nitrogens with two attached hydrogens (primary N) is 1. The lowest BCUT2D eigenvalue weighted by atomic mass is 10.0. The molecule has 1 amide bonds. The minimum Gasteiger partial charge on any atom is -0.395 e. The van der Waals surface area contributed by atoms with Gasteiger partial charge in [-0.15, -0.1) is 0 Å². The number of benzene rings is 1. The molecule has 1 aromatic carbocycles. The summed E-state index contributed by atoms with van der Waals surface area (Å²) >= 11 is 0. The number of nitrogen functional groups attached to an aromatic ring is 1. The number of H-pyrrole nitrogens is 1. The molecule has 0 saturated carbocycles. The van der Waals surface area contributed by atoms with Crippen LogP contribution in [0.5, 0.6) is 0 Å². The van der Waals surface area contributed by atoms with Gasteiger partial charge in [-0.1, -0.05) is 31.5 Å². The molecule has 0 unspecified atom stereocenters. The van der Waals surface area contributed by atoms with Crippen LogP contribution in [0.1, 0.15) is 41.5 Å². The van der Waals surface area contributed by atoms with E-state index in [9.17, 15) is 4.79 Å². The molecule has 1 aliphatic heterocycles. The highest BCUT2D eigenvalue weighted by Gasteiger charge is 2.27. The number of aryl methyl sites for hydroxylation is 2. The molecular weight excluding hydrogens is 264 g/mol. The summed E-state index contributed by atoms with van der Waals surface area (Å²) in [6, 6.07) is 8.03. The van der Waals surface area contributed by atoms with E-state index in [0.29, 0.717) is 17.9 Å². The van der Waals surface area contributed by atoms with Crippen molar-refractivity contribution in [2.45, 2.75) is 32.6 Å². The van der Waals surface area contributed by atoms with Gasteiger partial charge in [-0.3, -0.25) is 9.89 Å². The van der Waals surface area contributed by atoms with Crippen molar-refractivity contribution in [2.24, 2.45) is 0 Å². The minimum absolute atomic E-state index is 0.113. The van der Waals surface area contributed by atoms with Gasteiger partial charge in [0, 0.05) is 12.2 Å². The molecule has 1 aromatic heterocycles. The summed E-state index contributed by atoms with van der Waals surface area (Å²) in [6.45, 7) is 2.79. The van der Waals surface area contributed by atoms with E-state index in [4.69, 9.17) is 5.73 Å². The first-order valence-electron chi connectivity index (χ1n) is 7.45. The molecule has 2 aromatic rings. The van der Waals surface area contributed by atoms with Gasteiger partial charge in [-0.05, 0) is 30.9 Å². The SMILES string of the molecule is CCCc1[nH]nc(C(=O)N2CCCc3ccccc32)c1N. The molecular formula is C16H20N4O. The molecule has 1 aliphatic rings. The van der Waals surface area contributed by atoms with Crippen LogP contribution >= 0.6 is 0 Å². The maximum absolute atomic E-state index is 12.8. The Hall–Kier alpha value is -2.30. The Kier molecular flexibility index (Phi) is 3.64. The first-order chi connectivity index (χ1) is 10.2. The summed E-state index contributed by atoms with van der Waals surface area (Å²) in [5.74, 6) is -0.113. The Balaban J connectivity index is 1.93. The second kappa shape index (κ2) is 5.60. The average molecular weight is 284 g/mol. The highest BCUT2D eigenvalue weighted by molar-refractivity contribution is 6.08. The van der Waals surface area contributed by atoms with Gasteiger partial charge in [-0.2, -0.15) is 5.10 Å². The Labute approximate surface area is 124 Å². The molecule has 21 heavy (non-hydrogen) atoms. The van der Waals surface area contributed by atoms with Crippen LogP contribution in [0.25, 0.3) is 0 Å². The van der Waals surface area contributed by atoms with E-state index in [2.05, 4.69) is 23.2 Å². The van der Waals surface area contributed by atoms with Gasteiger partial charge < -0.3 is 10.6 Å². The number of hydrogen-bond acceptors (Lipinski definition) is 3. The van der Waals surface area contributed by atoms with E-state index in [1.165, 1.54) is 5.56 Å². The van der Waals surface area contributed by atoms with Crippen LogP contribution in [0.15, 0.2) is 24.3 Å². The summed E-state index contributed by atoms with van der Waals surface area (Å²) < 4.78 is 0. The van der Waals surface area contributed by atoms with E-state index >= 15 is 0 Å². The normalized spacial score (nSPS) is 14.0. The standard InChI is InChI=1S/C16H20N4O/c1-2-6-12-14(17)15(19-18-12)16(21)20-10-5-8-11-7-3-4-9-13(11)20/h3-4,7,9H,2,5-6,8,10,17H2,1H3,(H,18,19). The third kappa shape index (κ3) is 2.39. The van der Waals surface area contributed by atoms with Gasteiger partial charge in [0.25, 0.3) is 5.91 Å². The van der Waals surface area contributed by atoms with Crippen molar-refractivity contribution in [2.75, 3.05) is 17.2 Å². The van der Waals surface area contributed by atoms with Crippen molar-refractivity contribution in [3.05, 3.63) is 41.2 Å². The van der Waals surface area contributed by atoms with Gasteiger partial charge in [0.15, 0.2) is 5.69 Å². The number of rotatable bonds is 3. The van der Waals surface area contributed by atoms with E-state index in [1.54, 1.807) is 4.90 Å². The summed E-state index contributed by atoms with van der Waals surface area (Å²) in [5.41, 5.74) is 9.95. The van der Waals surface area contributed by atoms with Crippen LogP contribution in [0, 0.1) is 0 Å². The van der Waals surface area contributed by atoms with Gasteiger partial charge >= 0.3 is 0 Å². The topological polar surface area (TPSA) is 75.0 Å². The van der Waals surface area contributed by atoms with Crippen LogP contribution in [0.4, 0.5) is 11.4 Å². The molecule has 5 heteroatoms. The Morgan fingerprint density at radius 2 is 2.24 bits per heavy atom. The number of fused-ring (bicyclic) bond motifs is 1. The Bertz CT molecular complexity index is 662. The minimum atomic E-state index is -0.113. The first-order valence-corrected chi connectivity index (χ1v) is 7.45. The number of amides is 1. The van der Waals surface area contributed by atoms with Crippen LogP contribution < -0.4 is 10.6 Å². The maximum atomic E-state index is 12.8. The lowest BCUT2D eigenvalue weighted by Crippen LogP contribution is -2.36. The molecule has 0 bridgehead atoms. The molecule has 0 atom stereocenters. The van der Waals surface area contributed by atoms with Gasteiger partial charge in [0.1, 0.15) is 0 Å². The number of aromatic amines is 1. The number of aromatic nitrogens is 2. The molecule has 0 aliphatic carbocycles. The summed E-state index contributed by atoms with van der Waals surface area (Å²) in [5, 5.41) is 7.04. The summed E-state index contributed by atoms with van der Waals surface area (Å²) in [7, 11) is 0. The smallest absolute Gasteiger partial charge is 0.280 e. The third-order valence-corrected chi connectivity index (χ3v) is 3.94. The summed E-state index contributed by atoms with van der Waals surface area (Å²) in [6.07, 6.45) is 3.75. The van der Waals surface area contributed by atoms with Crippen LogP contribution in [-0.2, 0) is 12.8 Å². The molecule has 0 spiro atoms. The second-order valence-electron chi connectivity index (χ2n) is 5.40. The molecule has 2 heterocycles. The van der Waals surface area contributed by atoms with E-state index in [0.717, 1.165) is 37.1 Å². The van der Waals surface area contributed by atoms with E-state index in [-0.39, 0.29) is 5.91 Å². The number of anilines is 2. The molecule has 0 fully saturated rings. The Morgan fingerprint density at radius 3 is 3.05 bits per heavy atom. The quantitative estimate of drug-likeness (QED) is 0.909. The van der Waals surface area contributed by atoms with Gasteiger partial charge in [0.2, 0.25) is 0 Å². The van der Waals surface area contributed by atoms with Crippen molar-refractivity contribution in [3.63, 3.8) is 0 Å².